The van der Waals surface area contributed by atoms with Crippen LogP contribution >= 0.6 is 0 Å². The minimum Gasteiger partial charge on any atom is -0.378 e. The topological polar surface area (TPSA) is 45.0 Å². The van der Waals surface area contributed by atoms with Gasteiger partial charge >= 0.3 is 0 Å². The molecule has 2 aliphatic rings. The van der Waals surface area contributed by atoms with Gasteiger partial charge in [-0.05, 0) is 37.5 Å². The van der Waals surface area contributed by atoms with E-state index < -0.39 is 0 Å². The Kier molecular flexibility index (Phi) is 3.99. The lowest BCUT2D eigenvalue weighted by Gasteiger charge is -2.23. The molecule has 2 saturated carbocycles. The van der Waals surface area contributed by atoms with Gasteiger partial charge in [-0.15, -0.1) is 0 Å². The van der Waals surface area contributed by atoms with Crippen LogP contribution in [-0.2, 0) is 4.74 Å². The Hall–Kier alpha value is -0.590. The highest BCUT2D eigenvalue weighted by atomic mass is 16.5. The van der Waals surface area contributed by atoms with Crippen LogP contribution in [0.3, 0.4) is 0 Å². The van der Waals surface area contributed by atoms with Gasteiger partial charge in [-0.25, -0.2) is 0 Å². The Balaban J connectivity index is 1.74. The van der Waals surface area contributed by atoms with Crippen LogP contribution in [0.1, 0.15) is 59.3 Å². The predicted octanol–water partition coefficient (Wildman–Crippen LogP) is 3.01. The highest BCUT2D eigenvalue weighted by Gasteiger charge is 2.43. The Morgan fingerprint density at radius 2 is 2.06 bits per heavy atom. The van der Waals surface area contributed by atoms with Crippen LogP contribution in [0, 0.1) is 16.7 Å². The van der Waals surface area contributed by atoms with Crippen LogP contribution in [0.5, 0.6) is 0 Å². The van der Waals surface area contributed by atoms with Crippen LogP contribution < -0.4 is 5.32 Å². The molecule has 2 fully saturated rings. The summed E-state index contributed by atoms with van der Waals surface area (Å²) in [6.45, 7) is 7.52. The van der Waals surface area contributed by atoms with E-state index in [0.29, 0.717) is 11.5 Å². The summed E-state index contributed by atoms with van der Waals surface area (Å²) in [5.74, 6) is 0. The minimum absolute atomic E-state index is 0.276. The van der Waals surface area contributed by atoms with E-state index in [1.54, 1.807) is 0 Å². The van der Waals surface area contributed by atoms with Crippen LogP contribution in [-0.4, -0.2) is 24.3 Å². The average molecular weight is 250 g/mol. The molecule has 0 radical (unpaired) electrons. The van der Waals surface area contributed by atoms with Gasteiger partial charge < -0.3 is 4.74 Å². The molecule has 0 spiro atoms. The molecule has 18 heavy (non-hydrogen) atoms. The number of hydrogen-bond donors (Lipinski definition) is 1. The lowest BCUT2D eigenvalue weighted by atomic mass is 9.93. The van der Waals surface area contributed by atoms with Crippen molar-refractivity contribution in [2.45, 2.75) is 77.0 Å². The third-order valence-electron chi connectivity index (χ3n) is 3.95. The van der Waals surface area contributed by atoms with E-state index in [-0.39, 0.29) is 11.6 Å². The fourth-order valence-corrected chi connectivity index (χ4v) is 2.56. The first-order valence-electron chi connectivity index (χ1n) is 7.23. The second-order valence-corrected chi connectivity index (χ2v) is 7.16. The average Bonchev–Trinajstić information content (AvgIpc) is 2.98. The molecular formula is C15H26N2O. The molecule has 2 atom stereocenters. The molecular weight excluding hydrogens is 224 g/mol. The smallest absolute Gasteiger partial charge is 0.109 e. The normalized spacial score (nSPS) is 32.4. The molecule has 0 aromatic carbocycles. The molecule has 0 saturated heterocycles. The Bertz CT molecular complexity index is 324. The van der Waals surface area contributed by atoms with Gasteiger partial charge in [0.2, 0.25) is 0 Å². The molecule has 2 unspecified atom stereocenters. The first-order chi connectivity index (χ1) is 8.42. The summed E-state index contributed by atoms with van der Waals surface area (Å²) in [6, 6.07) is 3.09. The molecule has 2 aliphatic carbocycles. The fourth-order valence-electron chi connectivity index (χ4n) is 2.56. The van der Waals surface area contributed by atoms with Gasteiger partial charge in [0.15, 0.2) is 0 Å². The second kappa shape index (κ2) is 5.19. The highest BCUT2D eigenvalue weighted by molar-refractivity contribution is 5.14. The van der Waals surface area contributed by atoms with Gasteiger partial charge in [0, 0.05) is 19.1 Å². The lowest BCUT2D eigenvalue weighted by Crippen LogP contribution is -2.43. The molecule has 0 aliphatic heterocycles. The molecule has 2 rings (SSSR count). The third kappa shape index (κ3) is 3.96. The van der Waals surface area contributed by atoms with Gasteiger partial charge in [0.25, 0.3) is 0 Å². The molecule has 3 heteroatoms. The van der Waals surface area contributed by atoms with Crippen molar-refractivity contribution in [1.29, 1.82) is 5.26 Å². The maximum Gasteiger partial charge on any atom is 0.109 e. The number of nitriles is 1. The number of rotatable bonds is 5. The van der Waals surface area contributed by atoms with Gasteiger partial charge in [-0.1, -0.05) is 20.8 Å². The molecule has 3 nitrogen and oxygen atoms in total. The standard InChI is InChI=1S/C15H26N2O/c1-14(2,3)8-9-18-13-6-7-15(10-13,11-16)17-12-4-5-12/h12-13,17H,4-10H2,1-3H3. The lowest BCUT2D eigenvalue weighted by molar-refractivity contribution is 0.0391. The number of ether oxygens (including phenoxy) is 1. The van der Waals surface area contributed by atoms with Crippen molar-refractivity contribution < 1.29 is 4.74 Å². The summed E-state index contributed by atoms with van der Waals surface area (Å²) in [4.78, 5) is 0. The van der Waals surface area contributed by atoms with Crippen molar-refractivity contribution >= 4 is 0 Å². The molecule has 0 aromatic rings. The molecule has 0 amide bonds. The van der Waals surface area contributed by atoms with Gasteiger partial charge in [0.05, 0.1) is 12.2 Å². The second-order valence-electron chi connectivity index (χ2n) is 7.16. The van der Waals surface area contributed by atoms with Crippen molar-refractivity contribution in [3.05, 3.63) is 0 Å². The van der Waals surface area contributed by atoms with E-state index in [9.17, 15) is 5.26 Å². The zero-order valence-electron chi connectivity index (χ0n) is 12.0. The first-order valence-corrected chi connectivity index (χ1v) is 7.23. The van der Waals surface area contributed by atoms with Crippen molar-refractivity contribution in [3.8, 4) is 6.07 Å². The number of hydrogen-bond acceptors (Lipinski definition) is 3. The predicted molar refractivity (Wildman–Crippen MR) is 72.2 cm³/mol. The summed E-state index contributed by atoms with van der Waals surface area (Å²) in [6.07, 6.45) is 6.66. The summed E-state index contributed by atoms with van der Waals surface area (Å²) in [5, 5.41) is 12.9. The van der Waals surface area contributed by atoms with Crippen molar-refractivity contribution in [1.82, 2.24) is 5.32 Å². The Labute approximate surface area is 111 Å². The zero-order chi connectivity index (χ0) is 13.2. The first kappa shape index (κ1) is 13.8. The summed E-state index contributed by atoms with van der Waals surface area (Å²) >= 11 is 0. The number of nitrogens with zero attached hydrogens (tertiary/aromatic N) is 1. The maximum atomic E-state index is 9.40. The quantitative estimate of drug-likeness (QED) is 0.816. The number of nitrogens with one attached hydrogen (secondary N) is 1. The van der Waals surface area contributed by atoms with Crippen molar-refractivity contribution in [2.75, 3.05) is 6.61 Å². The molecule has 102 valence electrons. The van der Waals surface area contributed by atoms with Gasteiger partial charge in [-0.3, -0.25) is 5.32 Å². The van der Waals surface area contributed by atoms with Crippen LogP contribution in [0.2, 0.25) is 0 Å². The van der Waals surface area contributed by atoms with E-state index >= 15 is 0 Å². The molecule has 0 bridgehead atoms. The SMILES string of the molecule is CC(C)(C)CCOC1CCC(C#N)(NC2CC2)C1. The largest absolute Gasteiger partial charge is 0.378 e. The van der Waals surface area contributed by atoms with Crippen LogP contribution in [0.4, 0.5) is 0 Å². The van der Waals surface area contributed by atoms with Gasteiger partial charge in [0.1, 0.15) is 5.54 Å². The van der Waals surface area contributed by atoms with Crippen LogP contribution in [0.25, 0.3) is 0 Å². The van der Waals surface area contributed by atoms with Gasteiger partial charge in [-0.2, -0.15) is 5.26 Å². The van der Waals surface area contributed by atoms with E-state index in [1.807, 2.05) is 0 Å². The van der Waals surface area contributed by atoms with E-state index in [0.717, 1.165) is 32.3 Å². The van der Waals surface area contributed by atoms with Crippen LogP contribution in [0.15, 0.2) is 0 Å². The fraction of sp³-hybridized carbons (Fsp3) is 0.933. The zero-order valence-corrected chi connectivity index (χ0v) is 12.0. The van der Waals surface area contributed by atoms with E-state index in [2.05, 4.69) is 32.2 Å². The summed E-state index contributed by atoms with van der Waals surface area (Å²) in [7, 11) is 0. The molecule has 1 N–H and O–H groups in total. The highest BCUT2D eigenvalue weighted by Crippen LogP contribution is 2.35. The Morgan fingerprint density at radius 1 is 1.33 bits per heavy atom. The molecule has 0 heterocycles. The Morgan fingerprint density at radius 3 is 2.61 bits per heavy atom. The minimum atomic E-state index is -0.298. The van der Waals surface area contributed by atoms with E-state index in [4.69, 9.17) is 4.74 Å². The van der Waals surface area contributed by atoms with Crippen molar-refractivity contribution in [3.63, 3.8) is 0 Å². The molecule has 0 aromatic heterocycles. The van der Waals surface area contributed by atoms with Crippen molar-refractivity contribution in [2.24, 2.45) is 5.41 Å². The third-order valence-corrected chi connectivity index (χ3v) is 3.95. The summed E-state index contributed by atoms with van der Waals surface area (Å²) in [5.41, 5.74) is 0.0325. The summed E-state index contributed by atoms with van der Waals surface area (Å²) < 4.78 is 5.95. The monoisotopic (exact) mass is 250 g/mol. The maximum absolute atomic E-state index is 9.40. The van der Waals surface area contributed by atoms with E-state index in [1.165, 1.54) is 12.8 Å².